The number of rotatable bonds is 7. The first kappa shape index (κ1) is 13.1. The van der Waals surface area contributed by atoms with Gasteiger partial charge in [-0.2, -0.15) is 0 Å². The van der Waals surface area contributed by atoms with E-state index in [1.807, 2.05) is 0 Å². The van der Waals surface area contributed by atoms with Gasteiger partial charge in [-0.05, 0) is 19.4 Å². The summed E-state index contributed by atoms with van der Waals surface area (Å²) in [5.74, 6) is 0.873. The van der Waals surface area contributed by atoms with E-state index in [1.165, 1.54) is 25.8 Å². The van der Waals surface area contributed by atoms with Gasteiger partial charge in [-0.3, -0.25) is 9.11 Å². The lowest BCUT2D eigenvalue weighted by Crippen LogP contribution is -2.36. The molecule has 0 amide bonds. The molecular weight excluding hydrogens is 210 g/mol. The van der Waals surface area contributed by atoms with Crippen molar-refractivity contribution in [2.45, 2.75) is 25.7 Å². The molecule has 90 valence electrons. The summed E-state index contributed by atoms with van der Waals surface area (Å²) < 4.78 is 16.1. The third-order valence-corrected chi connectivity index (χ3v) is 3.62. The topological polar surface area (TPSA) is 29.5 Å². The Morgan fingerprint density at radius 2 is 1.80 bits per heavy atom. The van der Waals surface area contributed by atoms with Gasteiger partial charge in [0.1, 0.15) is 0 Å². The molecule has 3 nitrogen and oxygen atoms in total. The summed E-state index contributed by atoms with van der Waals surface area (Å²) in [5.41, 5.74) is 0. The van der Waals surface area contributed by atoms with Gasteiger partial charge in [-0.15, -0.1) is 0 Å². The Morgan fingerprint density at radius 1 is 1.13 bits per heavy atom. The van der Waals surface area contributed by atoms with E-state index in [1.54, 1.807) is 6.26 Å². The minimum atomic E-state index is -0.602. The van der Waals surface area contributed by atoms with Crippen molar-refractivity contribution in [1.82, 2.24) is 4.90 Å². The lowest BCUT2D eigenvalue weighted by Gasteiger charge is -2.26. The fourth-order valence-corrected chi connectivity index (χ4v) is 2.43. The van der Waals surface area contributed by atoms with Gasteiger partial charge in [0.2, 0.25) is 0 Å². The highest BCUT2D eigenvalue weighted by Crippen LogP contribution is 2.04. The average molecular weight is 233 g/mol. The van der Waals surface area contributed by atoms with E-state index in [-0.39, 0.29) is 0 Å². The van der Waals surface area contributed by atoms with Crippen LogP contribution < -0.4 is 0 Å². The van der Waals surface area contributed by atoms with Crippen molar-refractivity contribution >= 4 is 10.8 Å². The first-order valence-electron chi connectivity index (χ1n) is 5.89. The van der Waals surface area contributed by atoms with E-state index >= 15 is 0 Å². The number of hydrogen-bond donors (Lipinski definition) is 0. The molecule has 0 N–H and O–H groups in total. The monoisotopic (exact) mass is 233 g/mol. The van der Waals surface area contributed by atoms with Gasteiger partial charge in [-0.1, -0.05) is 12.8 Å². The Hall–Kier alpha value is 0.0700. The van der Waals surface area contributed by atoms with Crippen molar-refractivity contribution in [3.8, 4) is 0 Å². The molecule has 0 saturated carbocycles. The summed E-state index contributed by atoms with van der Waals surface area (Å²) in [7, 11) is -0.602. The SMILES string of the molecule is CS(=O)CCCCCCN1CCOCC1. The summed E-state index contributed by atoms with van der Waals surface area (Å²) in [6, 6.07) is 0. The van der Waals surface area contributed by atoms with E-state index in [0.717, 1.165) is 38.5 Å². The lowest BCUT2D eigenvalue weighted by atomic mass is 10.2. The Labute approximate surface area is 95.6 Å². The van der Waals surface area contributed by atoms with Gasteiger partial charge < -0.3 is 4.74 Å². The molecule has 0 aromatic heterocycles. The lowest BCUT2D eigenvalue weighted by molar-refractivity contribution is 0.0371. The van der Waals surface area contributed by atoms with Crippen molar-refractivity contribution in [1.29, 1.82) is 0 Å². The standard InChI is InChI=1S/C11H23NO2S/c1-15(13)11-5-3-2-4-6-12-7-9-14-10-8-12/h2-11H2,1H3. The largest absolute Gasteiger partial charge is 0.379 e. The number of ether oxygens (including phenoxy) is 1. The minimum absolute atomic E-state index is 0.602. The number of unbranched alkanes of at least 4 members (excludes halogenated alkanes) is 3. The van der Waals surface area contributed by atoms with Crippen LogP contribution >= 0.6 is 0 Å². The molecule has 4 heteroatoms. The van der Waals surface area contributed by atoms with Gasteiger partial charge in [-0.25, -0.2) is 0 Å². The summed E-state index contributed by atoms with van der Waals surface area (Å²) in [5, 5.41) is 0. The second-order valence-corrected chi connectivity index (χ2v) is 5.70. The maximum Gasteiger partial charge on any atom is 0.0594 e. The molecule has 1 rings (SSSR count). The second-order valence-electron chi connectivity index (χ2n) is 4.15. The first-order chi connectivity index (χ1) is 7.29. The molecule has 1 saturated heterocycles. The number of nitrogens with zero attached hydrogens (tertiary/aromatic N) is 1. The second kappa shape index (κ2) is 8.25. The summed E-state index contributed by atoms with van der Waals surface area (Å²) >= 11 is 0. The highest BCUT2D eigenvalue weighted by Gasteiger charge is 2.08. The number of morpholine rings is 1. The number of hydrogen-bond acceptors (Lipinski definition) is 3. The molecule has 1 unspecified atom stereocenters. The summed E-state index contributed by atoms with van der Waals surface area (Å²) in [4.78, 5) is 2.47. The third kappa shape index (κ3) is 7.03. The maximum atomic E-state index is 10.8. The minimum Gasteiger partial charge on any atom is -0.379 e. The molecule has 0 bridgehead atoms. The molecule has 0 spiro atoms. The van der Waals surface area contributed by atoms with E-state index < -0.39 is 10.8 Å². The van der Waals surface area contributed by atoms with Crippen LogP contribution in [0, 0.1) is 0 Å². The van der Waals surface area contributed by atoms with Crippen molar-refractivity contribution in [3.05, 3.63) is 0 Å². The Kier molecular flexibility index (Phi) is 7.22. The highest BCUT2D eigenvalue weighted by atomic mass is 32.2. The van der Waals surface area contributed by atoms with Gasteiger partial charge in [0.15, 0.2) is 0 Å². The fourth-order valence-electron chi connectivity index (χ4n) is 1.82. The zero-order valence-corrected chi connectivity index (χ0v) is 10.6. The quantitative estimate of drug-likeness (QED) is 0.620. The van der Waals surface area contributed by atoms with Crippen LogP contribution in [0.5, 0.6) is 0 Å². The van der Waals surface area contributed by atoms with Crippen molar-refractivity contribution < 1.29 is 8.95 Å². The van der Waals surface area contributed by atoms with Gasteiger partial charge >= 0.3 is 0 Å². The zero-order valence-electron chi connectivity index (χ0n) is 9.74. The van der Waals surface area contributed by atoms with Gasteiger partial charge in [0.05, 0.1) is 13.2 Å². The van der Waals surface area contributed by atoms with E-state index in [0.29, 0.717) is 0 Å². The van der Waals surface area contributed by atoms with E-state index in [2.05, 4.69) is 4.90 Å². The molecule has 0 aromatic carbocycles. The molecule has 1 atom stereocenters. The van der Waals surface area contributed by atoms with Crippen molar-refractivity contribution in [2.75, 3.05) is 44.9 Å². The predicted molar refractivity (Wildman–Crippen MR) is 64.7 cm³/mol. The molecule has 1 fully saturated rings. The molecule has 1 heterocycles. The van der Waals surface area contributed by atoms with Crippen LogP contribution in [0.2, 0.25) is 0 Å². The van der Waals surface area contributed by atoms with Crippen LogP contribution in [0.25, 0.3) is 0 Å². The Morgan fingerprint density at radius 3 is 2.47 bits per heavy atom. The van der Waals surface area contributed by atoms with Gasteiger partial charge in [0, 0.05) is 35.9 Å². The smallest absolute Gasteiger partial charge is 0.0594 e. The Bertz CT molecular complexity index is 181. The molecule has 15 heavy (non-hydrogen) atoms. The van der Waals surface area contributed by atoms with E-state index in [9.17, 15) is 4.21 Å². The molecule has 1 aliphatic rings. The molecular formula is C11H23NO2S. The molecule has 0 aliphatic carbocycles. The maximum absolute atomic E-state index is 10.8. The predicted octanol–water partition coefficient (Wildman–Crippen LogP) is 1.26. The summed E-state index contributed by atoms with van der Waals surface area (Å²) in [6.45, 7) is 5.19. The molecule has 0 radical (unpaired) electrons. The van der Waals surface area contributed by atoms with Crippen LogP contribution in [-0.2, 0) is 15.5 Å². The van der Waals surface area contributed by atoms with Crippen LogP contribution in [0.15, 0.2) is 0 Å². The van der Waals surface area contributed by atoms with Crippen molar-refractivity contribution in [2.24, 2.45) is 0 Å². The van der Waals surface area contributed by atoms with Crippen molar-refractivity contribution in [3.63, 3.8) is 0 Å². The average Bonchev–Trinajstić information content (AvgIpc) is 2.24. The fraction of sp³-hybridized carbons (Fsp3) is 1.00. The van der Waals surface area contributed by atoms with Crippen LogP contribution in [0.4, 0.5) is 0 Å². The zero-order chi connectivity index (χ0) is 10.9. The third-order valence-electron chi connectivity index (χ3n) is 2.76. The van der Waals surface area contributed by atoms with Crippen LogP contribution in [-0.4, -0.2) is 54.0 Å². The van der Waals surface area contributed by atoms with Gasteiger partial charge in [0.25, 0.3) is 0 Å². The van der Waals surface area contributed by atoms with E-state index in [4.69, 9.17) is 4.74 Å². The molecule has 0 aromatic rings. The highest BCUT2D eigenvalue weighted by molar-refractivity contribution is 7.84. The van der Waals surface area contributed by atoms with Crippen LogP contribution in [0.1, 0.15) is 25.7 Å². The summed E-state index contributed by atoms with van der Waals surface area (Å²) in [6.07, 6.45) is 6.68. The Balaban J connectivity index is 1.85. The first-order valence-corrected chi connectivity index (χ1v) is 7.62. The van der Waals surface area contributed by atoms with Crippen LogP contribution in [0.3, 0.4) is 0 Å². The normalized spacial score (nSPS) is 20.3. The molecule has 1 aliphatic heterocycles.